The lowest BCUT2D eigenvalue weighted by Crippen LogP contribution is -2.26. The van der Waals surface area contributed by atoms with Crippen LogP contribution < -0.4 is 10.1 Å². The number of hydrogen-bond acceptors (Lipinski definition) is 4. The van der Waals surface area contributed by atoms with Crippen LogP contribution in [0.15, 0.2) is 22.7 Å². The lowest BCUT2D eigenvalue weighted by Gasteiger charge is -2.16. The highest BCUT2D eigenvalue weighted by Gasteiger charge is 2.13. The molecule has 6 heteroatoms. The van der Waals surface area contributed by atoms with Crippen molar-refractivity contribution in [3.8, 4) is 5.75 Å². The smallest absolute Gasteiger partial charge is 0.152 e. The van der Waals surface area contributed by atoms with Crippen molar-refractivity contribution in [1.82, 2.24) is 0 Å². The molecule has 1 atom stereocenters. The van der Waals surface area contributed by atoms with E-state index in [2.05, 4.69) is 21.2 Å². The SMILES string of the molecule is CCS(=O)(=O)CC(C)Nc1cc(Br)cc(OC)c1. The third-order valence-corrected chi connectivity index (χ3v) is 4.81. The van der Waals surface area contributed by atoms with Gasteiger partial charge in [-0.15, -0.1) is 0 Å². The number of anilines is 1. The summed E-state index contributed by atoms with van der Waals surface area (Å²) in [5, 5.41) is 3.16. The molecule has 4 nitrogen and oxygen atoms in total. The first kappa shape index (κ1) is 15.3. The fourth-order valence-corrected chi connectivity index (χ4v) is 3.14. The molecule has 0 bridgehead atoms. The van der Waals surface area contributed by atoms with Crippen molar-refractivity contribution >= 4 is 31.5 Å². The number of rotatable bonds is 6. The summed E-state index contributed by atoms with van der Waals surface area (Å²) < 4.78 is 29.1. The molecule has 0 aliphatic carbocycles. The molecule has 1 rings (SSSR count). The van der Waals surface area contributed by atoms with Gasteiger partial charge in [-0.2, -0.15) is 0 Å². The number of sulfone groups is 1. The zero-order chi connectivity index (χ0) is 13.8. The summed E-state index contributed by atoms with van der Waals surface area (Å²) in [6, 6.07) is 5.42. The Bertz CT molecular complexity index is 502. The van der Waals surface area contributed by atoms with E-state index < -0.39 is 9.84 Å². The first-order valence-electron chi connectivity index (χ1n) is 5.68. The maximum absolute atomic E-state index is 11.5. The number of hydrogen-bond donors (Lipinski definition) is 1. The van der Waals surface area contributed by atoms with Gasteiger partial charge in [-0.05, 0) is 19.1 Å². The molecular formula is C12H18BrNO3S. The number of benzene rings is 1. The first-order valence-corrected chi connectivity index (χ1v) is 8.29. The largest absolute Gasteiger partial charge is 0.497 e. The van der Waals surface area contributed by atoms with Gasteiger partial charge in [0.25, 0.3) is 0 Å². The highest BCUT2D eigenvalue weighted by molar-refractivity contribution is 9.10. The van der Waals surface area contributed by atoms with Crippen molar-refractivity contribution in [2.45, 2.75) is 19.9 Å². The Morgan fingerprint density at radius 1 is 1.39 bits per heavy atom. The van der Waals surface area contributed by atoms with E-state index in [-0.39, 0.29) is 17.5 Å². The summed E-state index contributed by atoms with van der Waals surface area (Å²) in [5.41, 5.74) is 0.833. The minimum absolute atomic E-state index is 0.123. The van der Waals surface area contributed by atoms with Gasteiger partial charge < -0.3 is 10.1 Å². The Morgan fingerprint density at radius 3 is 2.61 bits per heavy atom. The van der Waals surface area contributed by atoms with Gasteiger partial charge in [0.15, 0.2) is 9.84 Å². The summed E-state index contributed by atoms with van der Waals surface area (Å²) in [5.74, 6) is 1.01. The number of methoxy groups -OCH3 is 1. The maximum atomic E-state index is 11.5. The Morgan fingerprint density at radius 2 is 2.06 bits per heavy atom. The van der Waals surface area contributed by atoms with Crippen LogP contribution in [0.25, 0.3) is 0 Å². The van der Waals surface area contributed by atoms with E-state index in [4.69, 9.17) is 4.74 Å². The Labute approximate surface area is 117 Å². The highest BCUT2D eigenvalue weighted by atomic mass is 79.9. The van der Waals surface area contributed by atoms with Gasteiger partial charge in [0.1, 0.15) is 5.75 Å². The van der Waals surface area contributed by atoms with Crippen LogP contribution in [0.5, 0.6) is 5.75 Å². The van der Waals surface area contributed by atoms with E-state index in [0.29, 0.717) is 0 Å². The molecule has 1 aromatic carbocycles. The van der Waals surface area contributed by atoms with Crippen LogP contribution in [-0.4, -0.2) is 33.1 Å². The molecule has 1 N–H and O–H groups in total. The van der Waals surface area contributed by atoms with Crippen LogP contribution in [-0.2, 0) is 9.84 Å². The molecule has 0 saturated heterocycles. The molecule has 0 aliphatic heterocycles. The van der Waals surface area contributed by atoms with Crippen molar-refractivity contribution in [3.05, 3.63) is 22.7 Å². The molecule has 0 amide bonds. The van der Waals surface area contributed by atoms with Gasteiger partial charge in [-0.1, -0.05) is 22.9 Å². The number of ether oxygens (including phenoxy) is 1. The van der Waals surface area contributed by atoms with E-state index in [1.807, 2.05) is 25.1 Å². The highest BCUT2D eigenvalue weighted by Crippen LogP contribution is 2.25. The third kappa shape index (κ3) is 4.86. The van der Waals surface area contributed by atoms with Crippen LogP contribution in [0.4, 0.5) is 5.69 Å². The molecule has 0 fully saturated rings. The summed E-state index contributed by atoms with van der Waals surface area (Å²) in [6.45, 7) is 3.50. The normalized spacial score (nSPS) is 13.1. The molecule has 0 radical (unpaired) electrons. The fraction of sp³-hybridized carbons (Fsp3) is 0.500. The Hall–Kier alpha value is -0.750. The van der Waals surface area contributed by atoms with Crippen LogP contribution in [0, 0.1) is 0 Å². The zero-order valence-electron chi connectivity index (χ0n) is 10.7. The zero-order valence-corrected chi connectivity index (χ0v) is 13.1. The average molecular weight is 336 g/mol. The number of nitrogens with one attached hydrogen (secondary N) is 1. The summed E-state index contributed by atoms with van der Waals surface area (Å²) in [4.78, 5) is 0. The van der Waals surface area contributed by atoms with E-state index in [9.17, 15) is 8.42 Å². The van der Waals surface area contributed by atoms with Gasteiger partial charge in [0.2, 0.25) is 0 Å². The van der Waals surface area contributed by atoms with Crippen molar-refractivity contribution in [2.75, 3.05) is 23.9 Å². The van der Waals surface area contributed by atoms with Gasteiger partial charge >= 0.3 is 0 Å². The molecule has 1 aromatic rings. The molecule has 1 unspecified atom stereocenters. The van der Waals surface area contributed by atoms with Crippen LogP contribution in [0.1, 0.15) is 13.8 Å². The second kappa shape index (κ2) is 6.43. The van der Waals surface area contributed by atoms with Crippen LogP contribution in [0.2, 0.25) is 0 Å². The average Bonchev–Trinajstić information content (AvgIpc) is 2.27. The van der Waals surface area contributed by atoms with Crippen LogP contribution in [0.3, 0.4) is 0 Å². The second-order valence-corrected chi connectivity index (χ2v) is 7.44. The van der Waals surface area contributed by atoms with E-state index in [1.54, 1.807) is 14.0 Å². The monoisotopic (exact) mass is 335 g/mol. The van der Waals surface area contributed by atoms with E-state index in [0.717, 1.165) is 15.9 Å². The Balaban J connectivity index is 2.75. The van der Waals surface area contributed by atoms with Gasteiger partial charge in [0.05, 0.1) is 12.9 Å². The van der Waals surface area contributed by atoms with Gasteiger partial charge in [0, 0.05) is 28.0 Å². The van der Waals surface area contributed by atoms with Crippen molar-refractivity contribution < 1.29 is 13.2 Å². The van der Waals surface area contributed by atoms with Gasteiger partial charge in [-0.3, -0.25) is 0 Å². The summed E-state index contributed by atoms with van der Waals surface area (Å²) in [6.07, 6.45) is 0. The fourth-order valence-electron chi connectivity index (χ4n) is 1.59. The standard InChI is InChI=1S/C12H18BrNO3S/c1-4-18(15,16)8-9(2)14-11-5-10(13)6-12(7-11)17-3/h5-7,9,14H,4,8H2,1-3H3. The molecular weight excluding hydrogens is 318 g/mol. The van der Waals surface area contributed by atoms with Crippen molar-refractivity contribution in [1.29, 1.82) is 0 Å². The molecule has 0 heterocycles. The molecule has 18 heavy (non-hydrogen) atoms. The molecule has 102 valence electrons. The van der Waals surface area contributed by atoms with Crippen molar-refractivity contribution in [3.63, 3.8) is 0 Å². The second-order valence-electron chi connectivity index (χ2n) is 4.12. The lowest BCUT2D eigenvalue weighted by atomic mass is 10.2. The quantitative estimate of drug-likeness (QED) is 0.868. The van der Waals surface area contributed by atoms with Crippen molar-refractivity contribution in [2.24, 2.45) is 0 Å². The Kier molecular flexibility index (Phi) is 5.47. The summed E-state index contributed by atoms with van der Waals surface area (Å²) in [7, 11) is -1.38. The third-order valence-electron chi connectivity index (χ3n) is 2.46. The molecule has 0 aliphatic rings. The van der Waals surface area contributed by atoms with Gasteiger partial charge in [-0.25, -0.2) is 8.42 Å². The topological polar surface area (TPSA) is 55.4 Å². The summed E-state index contributed by atoms with van der Waals surface area (Å²) >= 11 is 3.38. The van der Waals surface area contributed by atoms with E-state index >= 15 is 0 Å². The lowest BCUT2D eigenvalue weighted by molar-refractivity contribution is 0.414. The van der Waals surface area contributed by atoms with E-state index in [1.165, 1.54) is 0 Å². The number of halogens is 1. The molecule has 0 saturated carbocycles. The minimum Gasteiger partial charge on any atom is -0.497 e. The molecule has 0 spiro atoms. The molecule has 0 aromatic heterocycles. The van der Waals surface area contributed by atoms with Crippen LogP contribution >= 0.6 is 15.9 Å². The predicted octanol–water partition coefficient (Wildman–Crippen LogP) is 2.69. The first-order chi connectivity index (χ1) is 8.36. The maximum Gasteiger partial charge on any atom is 0.152 e. The predicted molar refractivity (Wildman–Crippen MR) is 78.1 cm³/mol. The minimum atomic E-state index is -2.97.